The second-order valence-corrected chi connectivity index (χ2v) is 9.90. The topological polar surface area (TPSA) is 84.3 Å². The van der Waals surface area contributed by atoms with Crippen molar-refractivity contribution in [1.29, 1.82) is 0 Å². The first-order chi connectivity index (χ1) is 17.4. The van der Waals surface area contributed by atoms with E-state index >= 15 is 0 Å². The minimum Gasteiger partial charge on any atom is -0.324 e. The van der Waals surface area contributed by atoms with Crippen molar-refractivity contribution in [3.63, 3.8) is 0 Å². The summed E-state index contributed by atoms with van der Waals surface area (Å²) in [6.07, 6.45) is 0.206. The van der Waals surface area contributed by atoms with Crippen molar-refractivity contribution in [3.05, 3.63) is 94.3 Å². The predicted molar refractivity (Wildman–Crippen MR) is 144 cm³/mol. The number of carbonyl (C=O) groups excluding carboxylic acids is 2. The summed E-state index contributed by atoms with van der Waals surface area (Å²) < 4.78 is 1.63. The summed E-state index contributed by atoms with van der Waals surface area (Å²) in [5.74, 6) is -0.201. The molecule has 4 aromatic rings. The Morgan fingerprint density at radius 3 is 2.56 bits per heavy atom. The third kappa shape index (κ3) is 4.77. The molecule has 7 nitrogen and oxygen atoms in total. The number of thioether (sulfide) groups is 1. The zero-order chi connectivity index (χ0) is 25.2. The number of anilines is 2. The van der Waals surface area contributed by atoms with Gasteiger partial charge in [-0.15, -0.1) is 0 Å². The van der Waals surface area contributed by atoms with Gasteiger partial charge in [-0.3, -0.25) is 19.0 Å². The number of carbonyl (C=O) groups is 2. The third-order valence-corrected chi connectivity index (χ3v) is 7.20. The standard InChI is InChI=1S/C28H26N4O3S/c1-18-11-13-20(14-12-18)16-31-27(35)21-7-3-4-8-22(21)30-28(31)36-17-26(34)32-19(2)15-25(33)29-23-9-5-6-10-24(23)32/h3-14,19H,15-17H2,1-2H3,(H,29,33). The molecule has 2 heterocycles. The van der Waals surface area contributed by atoms with E-state index in [1.54, 1.807) is 21.6 Å². The second kappa shape index (κ2) is 9.99. The number of nitrogens with one attached hydrogen (secondary N) is 1. The molecular weight excluding hydrogens is 472 g/mol. The lowest BCUT2D eigenvalue weighted by molar-refractivity contribution is -0.117. The number of amides is 2. The van der Waals surface area contributed by atoms with Gasteiger partial charge in [-0.2, -0.15) is 0 Å². The van der Waals surface area contributed by atoms with Gasteiger partial charge in [-0.25, -0.2) is 4.98 Å². The van der Waals surface area contributed by atoms with E-state index in [4.69, 9.17) is 4.98 Å². The fraction of sp³-hybridized carbons (Fsp3) is 0.214. The molecule has 0 radical (unpaired) electrons. The van der Waals surface area contributed by atoms with Crippen molar-refractivity contribution < 1.29 is 9.59 Å². The average molecular weight is 499 g/mol. The van der Waals surface area contributed by atoms with Gasteiger partial charge in [-0.05, 0) is 43.7 Å². The van der Waals surface area contributed by atoms with Gasteiger partial charge in [0.15, 0.2) is 5.16 Å². The average Bonchev–Trinajstić information content (AvgIpc) is 2.99. The molecular formula is C28H26N4O3S. The molecule has 0 saturated carbocycles. The minimum atomic E-state index is -0.305. The fourth-order valence-corrected chi connectivity index (χ4v) is 5.29. The van der Waals surface area contributed by atoms with Crippen molar-refractivity contribution in [2.45, 2.75) is 38.0 Å². The minimum absolute atomic E-state index is 0.0749. The summed E-state index contributed by atoms with van der Waals surface area (Å²) in [5.41, 5.74) is 3.87. The van der Waals surface area contributed by atoms with Crippen LogP contribution in [0.2, 0.25) is 0 Å². The lowest BCUT2D eigenvalue weighted by Gasteiger charge is -2.27. The zero-order valence-electron chi connectivity index (χ0n) is 20.1. The number of hydrogen-bond acceptors (Lipinski definition) is 5. The Hall–Kier alpha value is -3.91. The lowest BCUT2D eigenvalue weighted by atomic mass is 10.1. The molecule has 1 unspecified atom stereocenters. The van der Waals surface area contributed by atoms with Crippen LogP contribution < -0.4 is 15.8 Å². The number of nitrogens with zero attached hydrogens (tertiary/aromatic N) is 3. The van der Waals surface area contributed by atoms with Gasteiger partial charge in [0.2, 0.25) is 11.8 Å². The van der Waals surface area contributed by atoms with Gasteiger partial charge in [-0.1, -0.05) is 65.9 Å². The number of para-hydroxylation sites is 3. The molecule has 1 aromatic heterocycles. The molecule has 1 aliphatic rings. The number of benzene rings is 3. The Kier molecular flexibility index (Phi) is 6.61. The maximum absolute atomic E-state index is 13.5. The van der Waals surface area contributed by atoms with Crippen LogP contribution in [0.1, 0.15) is 24.5 Å². The normalized spacial score (nSPS) is 15.3. The van der Waals surface area contributed by atoms with Crippen molar-refractivity contribution in [2.24, 2.45) is 0 Å². The van der Waals surface area contributed by atoms with Crippen molar-refractivity contribution in [2.75, 3.05) is 16.0 Å². The van der Waals surface area contributed by atoms with Crippen LogP contribution in [0.4, 0.5) is 11.4 Å². The quantitative estimate of drug-likeness (QED) is 0.321. The molecule has 0 fully saturated rings. The van der Waals surface area contributed by atoms with E-state index in [-0.39, 0.29) is 35.6 Å². The van der Waals surface area contributed by atoms with Crippen molar-refractivity contribution in [1.82, 2.24) is 9.55 Å². The summed E-state index contributed by atoms with van der Waals surface area (Å²) in [4.78, 5) is 45.7. The highest BCUT2D eigenvalue weighted by molar-refractivity contribution is 7.99. The maximum atomic E-state index is 13.5. The Balaban J connectivity index is 1.48. The van der Waals surface area contributed by atoms with Crippen molar-refractivity contribution >= 4 is 45.9 Å². The van der Waals surface area contributed by atoms with Gasteiger partial charge in [0.25, 0.3) is 5.56 Å². The Morgan fingerprint density at radius 2 is 1.75 bits per heavy atom. The smallest absolute Gasteiger partial charge is 0.262 e. The third-order valence-electron chi connectivity index (χ3n) is 6.24. The molecule has 0 bridgehead atoms. The van der Waals surface area contributed by atoms with Crippen LogP contribution >= 0.6 is 11.8 Å². The predicted octanol–water partition coefficient (Wildman–Crippen LogP) is 4.61. The monoisotopic (exact) mass is 498 g/mol. The first kappa shape index (κ1) is 23.8. The summed E-state index contributed by atoms with van der Waals surface area (Å²) in [7, 11) is 0. The highest BCUT2D eigenvalue weighted by Gasteiger charge is 2.29. The van der Waals surface area contributed by atoms with Gasteiger partial charge < -0.3 is 10.2 Å². The number of aryl methyl sites for hydroxylation is 1. The van der Waals surface area contributed by atoms with Crippen LogP contribution in [-0.4, -0.2) is 33.2 Å². The maximum Gasteiger partial charge on any atom is 0.262 e. The Bertz CT molecular complexity index is 1510. The first-order valence-electron chi connectivity index (χ1n) is 11.8. The molecule has 1 atom stereocenters. The van der Waals surface area contributed by atoms with Crippen LogP contribution in [0.3, 0.4) is 0 Å². The molecule has 182 valence electrons. The van der Waals surface area contributed by atoms with Gasteiger partial charge in [0.05, 0.1) is 34.6 Å². The molecule has 0 aliphatic carbocycles. The molecule has 0 spiro atoms. The summed E-state index contributed by atoms with van der Waals surface area (Å²) in [5, 5.41) is 3.91. The van der Waals surface area contributed by atoms with E-state index in [0.29, 0.717) is 34.0 Å². The molecule has 3 aromatic carbocycles. The van der Waals surface area contributed by atoms with E-state index in [0.717, 1.165) is 11.1 Å². The number of hydrogen-bond donors (Lipinski definition) is 1. The van der Waals surface area contributed by atoms with E-state index in [2.05, 4.69) is 5.32 Å². The number of aromatic nitrogens is 2. The summed E-state index contributed by atoms with van der Waals surface area (Å²) in [6, 6.07) is 22.3. The molecule has 1 aliphatic heterocycles. The van der Waals surface area contributed by atoms with E-state index in [9.17, 15) is 14.4 Å². The van der Waals surface area contributed by atoms with Crippen LogP contribution in [0.25, 0.3) is 10.9 Å². The van der Waals surface area contributed by atoms with Crippen LogP contribution in [0.15, 0.2) is 82.7 Å². The van der Waals surface area contributed by atoms with E-state index < -0.39 is 0 Å². The zero-order valence-corrected chi connectivity index (χ0v) is 20.9. The molecule has 0 saturated heterocycles. The largest absolute Gasteiger partial charge is 0.324 e. The molecule has 5 rings (SSSR count). The second-order valence-electron chi connectivity index (χ2n) is 8.96. The van der Waals surface area contributed by atoms with Gasteiger partial charge >= 0.3 is 0 Å². The highest BCUT2D eigenvalue weighted by Crippen LogP contribution is 2.32. The first-order valence-corrected chi connectivity index (χ1v) is 12.8. The Labute approximate surface area is 213 Å². The van der Waals surface area contributed by atoms with Crippen LogP contribution in [0.5, 0.6) is 0 Å². The van der Waals surface area contributed by atoms with E-state index in [1.165, 1.54) is 11.8 Å². The summed E-state index contributed by atoms with van der Waals surface area (Å²) in [6.45, 7) is 4.24. The van der Waals surface area contributed by atoms with Crippen LogP contribution in [0, 0.1) is 6.92 Å². The Morgan fingerprint density at radius 1 is 1.03 bits per heavy atom. The fourth-order valence-electron chi connectivity index (χ4n) is 4.44. The molecule has 8 heteroatoms. The van der Waals surface area contributed by atoms with Crippen molar-refractivity contribution in [3.8, 4) is 0 Å². The number of rotatable bonds is 5. The molecule has 36 heavy (non-hydrogen) atoms. The summed E-state index contributed by atoms with van der Waals surface area (Å²) >= 11 is 1.24. The van der Waals surface area contributed by atoms with E-state index in [1.807, 2.05) is 74.5 Å². The SMILES string of the molecule is Cc1ccc(Cn2c(SCC(=O)N3c4ccccc4NC(=O)CC3C)nc3ccccc3c2=O)cc1. The van der Waals surface area contributed by atoms with Gasteiger partial charge in [0.1, 0.15) is 0 Å². The van der Waals surface area contributed by atoms with Gasteiger partial charge in [0, 0.05) is 12.5 Å². The lowest BCUT2D eigenvalue weighted by Crippen LogP contribution is -2.40. The number of fused-ring (bicyclic) bond motifs is 2. The van der Waals surface area contributed by atoms with Crippen LogP contribution in [-0.2, 0) is 16.1 Å². The highest BCUT2D eigenvalue weighted by atomic mass is 32.2. The molecule has 1 N–H and O–H groups in total. The molecule has 2 amide bonds.